The van der Waals surface area contributed by atoms with Crippen molar-refractivity contribution in [3.05, 3.63) is 34.7 Å². The SMILES string of the molecule is Nc1ccc2[nH]c(=O)cnc2c1. The number of aromatic nitrogens is 2. The molecule has 0 fully saturated rings. The number of H-pyrrole nitrogens is 1. The van der Waals surface area contributed by atoms with E-state index in [-0.39, 0.29) is 5.56 Å². The number of hydrogen-bond donors (Lipinski definition) is 2. The monoisotopic (exact) mass is 161 g/mol. The van der Waals surface area contributed by atoms with Crippen LogP contribution < -0.4 is 11.3 Å². The molecule has 0 aliphatic heterocycles. The van der Waals surface area contributed by atoms with Crippen LogP contribution >= 0.6 is 0 Å². The van der Waals surface area contributed by atoms with Crippen LogP contribution in [-0.4, -0.2) is 9.97 Å². The zero-order chi connectivity index (χ0) is 8.55. The van der Waals surface area contributed by atoms with Gasteiger partial charge in [0.2, 0.25) is 0 Å². The van der Waals surface area contributed by atoms with Crippen LogP contribution in [0.15, 0.2) is 29.2 Å². The number of benzene rings is 1. The Morgan fingerprint density at radius 2 is 2.25 bits per heavy atom. The first-order chi connectivity index (χ1) is 5.75. The topological polar surface area (TPSA) is 71.8 Å². The normalized spacial score (nSPS) is 10.3. The van der Waals surface area contributed by atoms with Crippen molar-refractivity contribution in [2.24, 2.45) is 0 Å². The van der Waals surface area contributed by atoms with E-state index in [4.69, 9.17) is 5.73 Å². The highest BCUT2D eigenvalue weighted by atomic mass is 16.1. The fraction of sp³-hybridized carbons (Fsp3) is 0. The molecule has 60 valence electrons. The van der Waals surface area contributed by atoms with Gasteiger partial charge in [-0.15, -0.1) is 0 Å². The van der Waals surface area contributed by atoms with E-state index >= 15 is 0 Å². The van der Waals surface area contributed by atoms with Crippen LogP contribution in [0.25, 0.3) is 11.0 Å². The maximum Gasteiger partial charge on any atom is 0.266 e. The number of nitrogens with zero attached hydrogens (tertiary/aromatic N) is 1. The molecule has 2 rings (SSSR count). The Labute approximate surface area is 68.1 Å². The van der Waals surface area contributed by atoms with Gasteiger partial charge in [0.1, 0.15) is 0 Å². The highest BCUT2D eigenvalue weighted by molar-refractivity contribution is 5.77. The summed E-state index contributed by atoms with van der Waals surface area (Å²) >= 11 is 0. The number of rotatable bonds is 0. The van der Waals surface area contributed by atoms with Gasteiger partial charge in [0, 0.05) is 5.69 Å². The molecule has 0 aliphatic rings. The van der Waals surface area contributed by atoms with Crippen LogP contribution in [0.4, 0.5) is 5.69 Å². The minimum absolute atomic E-state index is 0.202. The van der Waals surface area contributed by atoms with Gasteiger partial charge in [0.05, 0.1) is 17.2 Å². The Hall–Kier alpha value is -1.84. The molecule has 0 radical (unpaired) electrons. The van der Waals surface area contributed by atoms with Crippen molar-refractivity contribution in [1.82, 2.24) is 9.97 Å². The highest BCUT2D eigenvalue weighted by Gasteiger charge is 1.94. The molecule has 4 nitrogen and oxygen atoms in total. The third-order valence-corrected chi connectivity index (χ3v) is 1.60. The number of anilines is 1. The molecular formula is C8H7N3O. The van der Waals surface area contributed by atoms with Gasteiger partial charge in [-0.2, -0.15) is 0 Å². The van der Waals surface area contributed by atoms with Gasteiger partial charge in [0.25, 0.3) is 5.56 Å². The van der Waals surface area contributed by atoms with Gasteiger partial charge >= 0.3 is 0 Å². The molecule has 0 atom stereocenters. The summed E-state index contributed by atoms with van der Waals surface area (Å²) in [7, 11) is 0. The molecule has 0 unspecified atom stereocenters. The molecule has 0 saturated carbocycles. The summed E-state index contributed by atoms with van der Waals surface area (Å²) in [6.45, 7) is 0. The van der Waals surface area contributed by atoms with Crippen LogP contribution in [0.3, 0.4) is 0 Å². The van der Waals surface area contributed by atoms with Crippen molar-refractivity contribution >= 4 is 16.7 Å². The summed E-state index contributed by atoms with van der Waals surface area (Å²) in [6.07, 6.45) is 1.24. The van der Waals surface area contributed by atoms with E-state index in [0.29, 0.717) is 16.7 Å². The average Bonchev–Trinajstić information content (AvgIpc) is 2.05. The Morgan fingerprint density at radius 3 is 3.08 bits per heavy atom. The second kappa shape index (κ2) is 2.34. The largest absolute Gasteiger partial charge is 0.399 e. The van der Waals surface area contributed by atoms with Gasteiger partial charge in [0.15, 0.2) is 0 Å². The predicted molar refractivity (Wildman–Crippen MR) is 46.8 cm³/mol. The summed E-state index contributed by atoms with van der Waals surface area (Å²) in [5, 5.41) is 0. The minimum Gasteiger partial charge on any atom is -0.399 e. The summed E-state index contributed by atoms with van der Waals surface area (Å²) in [6, 6.07) is 5.17. The molecule has 12 heavy (non-hydrogen) atoms. The second-order valence-electron chi connectivity index (χ2n) is 2.52. The number of fused-ring (bicyclic) bond motifs is 1. The number of nitrogens with one attached hydrogen (secondary N) is 1. The Morgan fingerprint density at radius 1 is 1.42 bits per heavy atom. The smallest absolute Gasteiger partial charge is 0.266 e. The zero-order valence-electron chi connectivity index (χ0n) is 6.24. The maximum atomic E-state index is 10.8. The molecule has 1 aromatic carbocycles. The summed E-state index contributed by atoms with van der Waals surface area (Å²) < 4.78 is 0. The van der Waals surface area contributed by atoms with Crippen molar-refractivity contribution in [3.8, 4) is 0 Å². The van der Waals surface area contributed by atoms with Crippen LogP contribution in [0.2, 0.25) is 0 Å². The van der Waals surface area contributed by atoms with E-state index in [1.807, 2.05) is 0 Å². The van der Waals surface area contributed by atoms with Crippen molar-refractivity contribution in [3.63, 3.8) is 0 Å². The van der Waals surface area contributed by atoms with Gasteiger partial charge in [-0.05, 0) is 18.2 Å². The van der Waals surface area contributed by atoms with E-state index < -0.39 is 0 Å². The minimum atomic E-state index is -0.202. The molecule has 0 spiro atoms. The van der Waals surface area contributed by atoms with Crippen LogP contribution in [-0.2, 0) is 0 Å². The summed E-state index contributed by atoms with van der Waals surface area (Å²) in [5.74, 6) is 0. The second-order valence-corrected chi connectivity index (χ2v) is 2.52. The first kappa shape index (κ1) is 6.84. The molecule has 2 aromatic rings. The van der Waals surface area contributed by atoms with E-state index in [2.05, 4.69) is 9.97 Å². The van der Waals surface area contributed by atoms with E-state index in [1.165, 1.54) is 6.20 Å². The Balaban J connectivity index is 2.87. The Kier molecular flexibility index (Phi) is 1.33. The summed E-state index contributed by atoms with van der Waals surface area (Å²) in [4.78, 5) is 17.4. The number of nitrogens with two attached hydrogens (primary N) is 1. The van der Waals surface area contributed by atoms with Crippen LogP contribution in [0, 0.1) is 0 Å². The average molecular weight is 161 g/mol. The molecule has 4 heteroatoms. The lowest BCUT2D eigenvalue weighted by molar-refractivity contribution is 1.22. The number of aromatic amines is 1. The predicted octanol–water partition coefficient (Wildman–Crippen LogP) is 0.505. The van der Waals surface area contributed by atoms with E-state index in [9.17, 15) is 4.79 Å². The van der Waals surface area contributed by atoms with Crippen LogP contribution in [0.5, 0.6) is 0 Å². The fourth-order valence-corrected chi connectivity index (χ4v) is 1.05. The standard InChI is InChI=1S/C8H7N3O/c9-5-1-2-6-7(3-5)10-4-8(12)11-6/h1-4H,9H2,(H,11,12). The van der Waals surface area contributed by atoms with Crippen molar-refractivity contribution in [1.29, 1.82) is 0 Å². The van der Waals surface area contributed by atoms with Gasteiger partial charge in [-0.25, -0.2) is 4.98 Å². The quantitative estimate of drug-likeness (QED) is 0.553. The number of nitrogen functional groups attached to an aromatic ring is 1. The molecule has 0 saturated heterocycles. The lowest BCUT2D eigenvalue weighted by atomic mass is 10.3. The van der Waals surface area contributed by atoms with Crippen molar-refractivity contribution in [2.75, 3.05) is 5.73 Å². The molecule has 0 aliphatic carbocycles. The molecule has 1 aromatic heterocycles. The third kappa shape index (κ3) is 1.03. The maximum absolute atomic E-state index is 10.8. The third-order valence-electron chi connectivity index (χ3n) is 1.60. The fourth-order valence-electron chi connectivity index (χ4n) is 1.05. The van der Waals surface area contributed by atoms with Crippen molar-refractivity contribution < 1.29 is 0 Å². The van der Waals surface area contributed by atoms with Gasteiger partial charge in [-0.1, -0.05) is 0 Å². The lowest BCUT2D eigenvalue weighted by Crippen LogP contribution is -2.04. The first-order valence-electron chi connectivity index (χ1n) is 3.50. The lowest BCUT2D eigenvalue weighted by Gasteiger charge is -1.96. The van der Waals surface area contributed by atoms with Crippen molar-refractivity contribution in [2.45, 2.75) is 0 Å². The molecule has 1 heterocycles. The zero-order valence-corrected chi connectivity index (χ0v) is 6.24. The molecule has 3 N–H and O–H groups in total. The summed E-state index contributed by atoms with van der Waals surface area (Å²) in [5.41, 5.74) is 7.38. The van der Waals surface area contributed by atoms with Crippen LogP contribution in [0.1, 0.15) is 0 Å². The first-order valence-corrected chi connectivity index (χ1v) is 3.50. The molecule has 0 bridgehead atoms. The molecule has 0 amide bonds. The highest BCUT2D eigenvalue weighted by Crippen LogP contribution is 2.10. The van der Waals surface area contributed by atoms with E-state index in [1.54, 1.807) is 18.2 Å². The van der Waals surface area contributed by atoms with Gasteiger partial charge in [-0.3, -0.25) is 4.79 Å². The van der Waals surface area contributed by atoms with E-state index in [0.717, 1.165) is 0 Å². The molecular weight excluding hydrogens is 154 g/mol. The Bertz CT molecular complexity index is 475. The number of hydrogen-bond acceptors (Lipinski definition) is 3. The van der Waals surface area contributed by atoms with Gasteiger partial charge < -0.3 is 10.7 Å².